The van der Waals surface area contributed by atoms with Gasteiger partial charge in [0.05, 0.1) is 6.04 Å². The standard InChI is InChI=1S/C23H36N4O3/c1-21(2,3)29-20(28)25-6-4-5-17(24)19-26-18(27-30-19)12-22-9-14-7-15-8-16(11-22)23(15,10-14)13-22/h14-17H,4-13,24H2,1-3H3,(H,25,28)/t14?,15?,16?,17-,22?,23?/m0/s1. The van der Waals surface area contributed by atoms with Crippen molar-refractivity contribution in [1.29, 1.82) is 0 Å². The summed E-state index contributed by atoms with van der Waals surface area (Å²) >= 11 is 0. The Kier molecular flexibility index (Phi) is 4.69. The fraction of sp³-hybridized carbons (Fsp3) is 0.870. The minimum atomic E-state index is -0.489. The van der Waals surface area contributed by atoms with Crippen LogP contribution < -0.4 is 11.1 Å². The molecule has 4 fully saturated rings. The van der Waals surface area contributed by atoms with Gasteiger partial charge in [0.1, 0.15) is 5.60 Å². The molecule has 1 heterocycles. The molecule has 4 aliphatic rings. The zero-order valence-electron chi connectivity index (χ0n) is 18.6. The van der Waals surface area contributed by atoms with Gasteiger partial charge in [0, 0.05) is 13.0 Å². The second kappa shape index (κ2) is 6.94. The molecule has 6 atom stereocenters. The highest BCUT2D eigenvalue weighted by Crippen LogP contribution is 2.79. The van der Waals surface area contributed by atoms with E-state index in [0.717, 1.165) is 36.4 Å². The number of carbonyl (C=O) groups is 1. The van der Waals surface area contributed by atoms with Crippen LogP contribution in [0.5, 0.6) is 0 Å². The number of nitrogens with two attached hydrogens (primary N) is 1. The van der Waals surface area contributed by atoms with Crippen LogP contribution in [0.2, 0.25) is 0 Å². The lowest BCUT2D eigenvalue weighted by Gasteiger charge is -2.49. The number of nitrogens with one attached hydrogen (secondary N) is 1. The summed E-state index contributed by atoms with van der Waals surface area (Å²) in [6.07, 6.45) is 10.5. The van der Waals surface area contributed by atoms with Gasteiger partial charge in [-0.15, -0.1) is 0 Å². The normalized spacial score (nSPS) is 37.0. The molecule has 166 valence electrons. The van der Waals surface area contributed by atoms with Crippen LogP contribution in [0.25, 0.3) is 0 Å². The molecule has 0 saturated heterocycles. The number of ether oxygens (including phenoxy) is 1. The second-order valence-electron chi connectivity index (χ2n) is 11.7. The lowest BCUT2D eigenvalue weighted by atomic mass is 9.55. The van der Waals surface area contributed by atoms with Crippen molar-refractivity contribution < 1.29 is 14.1 Å². The topological polar surface area (TPSA) is 103 Å². The van der Waals surface area contributed by atoms with E-state index in [1.54, 1.807) is 0 Å². The summed E-state index contributed by atoms with van der Waals surface area (Å²) in [6.45, 7) is 6.06. The number of alkyl carbamates (subject to hydrolysis) is 1. The van der Waals surface area contributed by atoms with E-state index in [4.69, 9.17) is 15.0 Å². The first-order chi connectivity index (χ1) is 14.2. The molecule has 30 heavy (non-hydrogen) atoms. The Morgan fingerprint density at radius 1 is 1.30 bits per heavy atom. The summed E-state index contributed by atoms with van der Waals surface area (Å²) in [6, 6.07) is -0.297. The zero-order valence-corrected chi connectivity index (χ0v) is 18.6. The van der Waals surface area contributed by atoms with Crippen molar-refractivity contribution in [1.82, 2.24) is 15.5 Å². The first kappa shape index (κ1) is 20.3. The fourth-order valence-corrected chi connectivity index (χ4v) is 7.52. The molecule has 1 aromatic rings. The predicted octanol–water partition coefficient (Wildman–Crippen LogP) is 4.13. The molecule has 0 aromatic carbocycles. The number of amides is 1. The first-order valence-corrected chi connectivity index (χ1v) is 11.7. The van der Waals surface area contributed by atoms with E-state index in [1.807, 2.05) is 20.8 Å². The second-order valence-corrected chi connectivity index (χ2v) is 11.7. The van der Waals surface area contributed by atoms with Crippen molar-refractivity contribution in [3.63, 3.8) is 0 Å². The maximum Gasteiger partial charge on any atom is 0.407 e. The number of hydrogen-bond acceptors (Lipinski definition) is 6. The van der Waals surface area contributed by atoms with E-state index in [2.05, 4.69) is 15.5 Å². The molecule has 4 saturated carbocycles. The molecule has 0 aliphatic heterocycles. The Morgan fingerprint density at radius 2 is 2.13 bits per heavy atom. The summed E-state index contributed by atoms with van der Waals surface area (Å²) in [7, 11) is 0. The highest BCUT2D eigenvalue weighted by Gasteiger charge is 2.70. The highest BCUT2D eigenvalue weighted by atomic mass is 16.6. The summed E-state index contributed by atoms with van der Waals surface area (Å²) in [5, 5.41) is 7.05. The van der Waals surface area contributed by atoms with Crippen molar-refractivity contribution in [2.75, 3.05) is 6.54 Å². The maximum absolute atomic E-state index is 11.7. The minimum Gasteiger partial charge on any atom is -0.444 e. The molecule has 1 spiro atoms. The Bertz CT molecular complexity index is 814. The Hall–Kier alpha value is -1.63. The van der Waals surface area contributed by atoms with Crippen LogP contribution in [0, 0.1) is 28.6 Å². The summed E-state index contributed by atoms with van der Waals surface area (Å²) in [5.74, 6) is 4.27. The largest absolute Gasteiger partial charge is 0.444 e. The third-order valence-corrected chi connectivity index (χ3v) is 8.28. The van der Waals surface area contributed by atoms with Crippen molar-refractivity contribution in [3.05, 3.63) is 11.7 Å². The van der Waals surface area contributed by atoms with E-state index in [1.165, 1.54) is 38.5 Å². The van der Waals surface area contributed by atoms with Gasteiger partial charge in [0.2, 0.25) is 5.89 Å². The number of hydrogen-bond donors (Lipinski definition) is 2. The number of carbonyl (C=O) groups excluding carboxylic acids is 1. The highest BCUT2D eigenvalue weighted by molar-refractivity contribution is 5.67. The average molecular weight is 417 g/mol. The molecule has 1 amide bonds. The molecule has 5 unspecified atom stereocenters. The fourth-order valence-electron chi connectivity index (χ4n) is 7.52. The SMILES string of the molecule is CC(C)(C)OC(=O)NCCC[C@H](N)c1nc(CC23CC4CC5CC(C2)C5(C4)C3)no1. The van der Waals surface area contributed by atoms with Gasteiger partial charge in [-0.05, 0) is 101 Å². The van der Waals surface area contributed by atoms with Gasteiger partial charge in [-0.3, -0.25) is 0 Å². The van der Waals surface area contributed by atoms with E-state index < -0.39 is 11.7 Å². The van der Waals surface area contributed by atoms with E-state index in [0.29, 0.717) is 29.7 Å². The van der Waals surface area contributed by atoms with Gasteiger partial charge in [-0.25, -0.2) is 4.79 Å². The third-order valence-electron chi connectivity index (χ3n) is 8.28. The first-order valence-electron chi connectivity index (χ1n) is 11.7. The van der Waals surface area contributed by atoms with Crippen molar-refractivity contribution >= 4 is 6.09 Å². The third kappa shape index (κ3) is 3.53. The molecule has 3 bridgehead atoms. The van der Waals surface area contributed by atoms with Crippen molar-refractivity contribution in [2.45, 2.75) is 90.2 Å². The lowest BCUT2D eigenvalue weighted by Crippen LogP contribution is -2.42. The molecule has 3 N–H and O–H groups in total. The maximum atomic E-state index is 11.7. The van der Waals surface area contributed by atoms with Crippen LogP contribution in [0.15, 0.2) is 4.52 Å². The number of rotatable bonds is 7. The minimum absolute atomic E-state index is 0.297. The van der Waals surface area contributed by atoms with Gasteiger partial charge in [0.25, 0.3) is 0 Å². The smallest absolute Gasteiger partial charge is 0.407 e. The molecule has 1 aromatic heterocycles. The van der Waals surface area contributed by atoms with Crippen LogP contribution in [0.3, 0.4) is 0 Å². The van der Waals surface area contributed by atoms with Gasteiger partial charge < -0.3 is 20.3 Å². The van der Waals surface area contributed by atoms with Gasteiger partial charge in [-0.2, -0.15) is 4.98 Å². The van der Waals surface area contributed by atoms with Crippen LogP contribution in [0.4, 0.5) is 4.79 Å². The molecule has 5 rings (SSSR count). The number of fused-ring (bicyclic) bond motifs is 2. The zero-order chi connectivity index (χ0) is 21.1. The summed E-state index contributed by atoms with van der Waals surface area (Å²) in [4.78, 5) is 16.4. The number of aromatic nitrogens is 2. The lowest BCUT2D eigenvalue weighted by molar-refractivity contribution is -0.00269. The van der Waals surface area contributed by atoms with Crippen molar-refractivity contribution in [2.24, 2.45) is 34.3 Å². The molecular weight excluding hydrogens is 380 g/mol. The molecule has 0 radical (unpaired) electrons. The van der Waals surface area contributed by atoms with E-state index in [9.17, 15) is 4.79 Å². The average Bonchev–Trinajstić information content (AvgIpc) is 3.22. The number of nitrogens with zero attached hydrogens (tertiary/aromatic N) is 2. The van der Waals surface area contributed by atoms with Gasteiger partial charge in [-0.1, -0.05) is 5.16 Å². The van der Waals surface area contributed by atoms with Crippen LogP contribution in [0.1, 0.15) is 89.9 Å². The Morgan fingerprint density at radius 3 is 2.93 bits per heavy atom. The van der Waals surface area contributed by atoms with Gasteiger partial charge >= 0.3 is 6.09 Å². The van der Waals surface area contributed by atoms with Crippen LogP contribution in [-0.4, -0.2) is 28.4 Å². The molecule has 7 nitrogen and oxygen atoms in total. The summed E-state index contributed by atoms with van der Waals surface area (Å²) < 4.78 is 10.8. The predicted molar refractivity (Wildman–Crippen MR) is 111 cm³/mol. The Labute approximate surface area is 178 Å². The van der Waals surface area contributed by atoms with E-state index >= 15 is 0 Å². The molecule has 7 heteroatoms. The monoisotopic (exact) mass is 416 g/mol. The summed E-state index contributed by atoms with van der Waals surface area (Å²) in [5.41, 5.74) is 6.88. The quantitative estimate of drug-likeness (QED) is 0.648. The molecular formula is C23H36N4O3. The van der Waals surface area contributed by atoms with Crippen LogP contribution in [-0.2, 0) is 11.2 Å². The van der Waals surface area contributed by atoms with Crippen molar-refractivity contribution in [3.8, 4) is 0 Å². The molecule has 4 aliphatic carbocycles. The van der Waals surface area contributed by atoms with E-state index in [-0.39, 0.29) is 6.04 Å². The van der Waals surface area contributed by atoms with Crippen LogP contribution >= 0.6 is 0 Å². The van der Waals surface area contributed by atoms with Gasteiger partial charge in [0.15, 0.2) is 5.82 Å². The Balaban J connectivity index is 1.11.